The van der Waals surface area contributed by atoms with Gasteiger partial charge in [-0.2, -0.15) is 0 Å². The van der Waals surface area contributed by atoms with Gasteiger partial charge in [-0.05, 0) is 31.6 Å². The van der Waals surface area contributed by atoms with Gasteiger partial charge in [0.2, 0.25) is 0 Å². The van der Waals surface area contributed by atoms with E-state index in [2.05, 4.69) is 16.9 Å². The number of pyridine rings is 1. The molecule has 1 aromatic rings. The molecule has 0 spiro atoms. The molecule has 1 N–H and O–H groups in total. The summed E-state index contributed by atoms with van der Waals surface area (Å²) in [4.78, 5) is 16.0. The van der Waals surface area contributed by atoms with Crippen LogP contribution in [0.3, 0.4) is 0 Å². The maximum absolute atomic E-state index is 12.1. The monoisotopic (exact) mass is 348 g/mol. The maximum Gasteiger partial charge on any atom is 0.340 e. The Bertz CT molecular complexity index is 620. The number of allylic oxidation sites excluding steroid dienone is 4. The van der Waals surface area contributed by atoms with E-state index < -0.39 is 5.97 Å². The van der Waals surface area contributed by atoms with Gasteiger partial charge >= 0.3 is 5.97 Å². The summed E-state index contributed by atoms with van der Waals surface area (Å²) in [5.74, 6) is -0.425. The number of hydrogen-bond acceptors (Lipinski definition) is 4. The van der Waals surface area contributed by atoms with Crippen molar-refractivity contribution in [3.63, 3.8) is 0 Å². The highest BCUT2D eigenvalue weighted by Crippen LogP contribution is 2.17. The number of ether oxygens (including phenoxy) is 1. The van der Waals surface area contributed by atoms with Gasteiger partial charge in [0.15, 0.2) is 0 Å². The summed E-state index contributed by atoms with van der Waals surface area (Å²) in [6.45, 7) is 11.7. The van der Waals surface area contributed by atoms with Crippen molar-refractivity contribution in [2.24, 2.45) is 0 Å². The Labute approximate surface area is 149 Å². The second-order valence-corrected chi connectivity index (χ2v) is 4.53. The van der Waals surface area contributed by atoms with E-state index in [0.717, 1.165) is 5.69 Å². The highest BCUT2D eigenvalue weighted by atomic mass is 35.5. The first-order valence-corrected chi connectivity index (χ1v) is 8.21. The lowest BCUT2D eigenvalue weighted by atomic mass is 10.1. The summed E-state index contributed by atoms with van der Waals surface area (Å²) in [5, 5.41) is 3.38. The molecule has 0 atom stereocenters. The molecule has 0 aromatic carbocycles. The summed E-state index contributed by atoms with van der Waals surface area (Å²) >= 11 is 5.83. The van der Waals surface area contributed by atoms with Crippen LogP contribution in [-0.2, 0) is 9.53 Å². The molecular weight excluding hydrogens is 324 g/mol. The second kappa shape index (κ2) is 13.1. The minimum Gasteiger partial charge on any atom is -0.462 e. The van der Waals surface area contributed by atoms with Crippen LogP contribution >= 0.6 is 11.6 Å². The Hall–Kier alpha value is -2.33. The molecule has 0 amide bonds. The van der Waals surface area contributed by atoms with Gasteiger partial charge in [0.1, 0.15) is 5.15 Å². The van der Waals surface area contributed by atoms with Crippen molar-refractivity contribution >= 4 is 23.3 Å². The fourth-order valence-electron chi connectivity index (χ4n) is 1.58. The van der Waals surface area contributed by atoms with E-state index in [4.69, 9.17) is 16.3 Å². The number of nitrogens with one attached hydrogen (secondary N) is 1. The van der Waals surface area contributed by atoms with Crippen molar-refractivity contribution in [2.45, 2.75) is 27.7 Å². The number of nitrogens with zero attached hydrogens (tertiary/aromatic N) is 1. The van der Waals surface area contributed by atoms with E-state index in [-0.39, 0.29) is 0 Å². The predicted octanol–water partition coefficient (Wildman–Crippen LogP) is 5.31. The molecule has 1 rings (SSSR count). The Balaban J connectivity index is 0.00000254. The Morgan fingerprint density at radius 1 is 1.46 bits per heavy atom. The van der Waals surface area contributed by atoms with Crippen molar-refractivity contribution < 1.29 is 9.53 Å². The molecule has 24 heavy (non-hydrogen) atoms. The largest absolute Gasteiger partial charge is 0.462 e. The fraction of sp³-hybridized carbons (Fsp3) is 0.263. The Morgan fingerprint density at radius 2 is 2.17 bits per heavy atom. The third kappa shape index (κ3) is 7.79. The number of aromatic nitrogens is 1. The van der Waals surface area contributed by atoms with Crippen LogP contribution in [0.25, 0.3) is 0 Å². The highest BCUT2D eigenvalue weighted by molar-refractivity contribution is 6.29. The second-order valence-electron chi connectivity index (χ2n) is 4.14. The SMILES string of the molecule is C=CC(=C\C=C/C)/C(=C\Nc1ccnc(Cl)c1)C(=O)OCC.CC. The van der Waals surface area contributed by atoms with Crippen molar-refractivity contribution in [3.05, 3.63) is 71.7 Å². The summed E-state index contributed by atoms with van der Waals surface area (Å²) in [6.07, 6.45) is 10.2. The lowest BCUT2D eigenvalue weighted by molar-refractivity contribution is -0.138. The number of rotatable bonds is 7. The van der Waals surface area contributed by atoms with E-state index >= 15 is 0 Å². The van der Waals surface area contributed by atoms with Gasteiger partial charge in [0.05, 0.1) is 12.2 Å². The topological polar surface area (TPSA) is 51.2 Å². The third-order valence-corrected chi connectivity index (χ3v) is 2.81. The third-order valence-electron chi connectivity index (χ3n) is 2.60. The summed E-state index contributed by atoms with van der Waals surface area (Å²) in [5.41, 5.74) is 1.75. The van der Waals surface area contributed by atoms with Crippen molar-refractivity contribution in [1.82, 2.24) is 4.98 Å². The number of carbonyl (C=O) groups excluding carboxylic acids is 1. The van der Waals surface area contributed by atoms with Crippen molar-refractivity contribution in [3.8, 4) is 0 Å². The number of anilines is 1. The molecule has 0 fully saturated rings. The van der Waals surface area contributed by atoms with Crippen LogP contribution < -0.4 is 5.32 Å². The van der Waals surface area contributed by atoms with Crippen LogP contribution in [0, 0.1) is 0 Å². The lowest BCUT2D eigenvalue weighted by Crippen LogP contribution is -2.10. The summed E-state index contributed by atoms with van der Waals surface area (Å²) < 4.78 is 5.08. The van der Waals surface area contributed by atoms with Gasteiger partial charge in [-0.3, -0.25) is 0 Å². The average Bonchev–Trinajstić information content (AvgIpc) is 2.59. The lowest BCUT2D eigenvalue weighted by Gasteiger charge is -2.09. The van der Waals surface area contributed by atoms with Crippen LogP contribution in [0.4, 0.5) is 5.69 Å². The molecule has 0 saturated carbocycles. The normalized spacial score (nSPS) is 11.5. The molecule has 0 saturated heterocycles. The molecule has 1 heterocycles. The quantitative estimate of drug-likeness (QED) is 0.314. The van der Waals surface area contributed by atoms with Crippen LogP contribution in [0.2, 0.25) is 5.15 Å². The van der Waals surface area contributed by atoms with Crippen molar-refractivity contribution in [2.75, 3.05) is 11.9 Å². The van der Waals surface area contributed by atoms with Crippen LogP contribution in [0.5, 0.6) is 0 Å². The minimum absolute atomic E-state index is 0.297. The zero-order chi connectivity index (χ0) is 18.4. The molecule has 0 unspecified atom stereocenters. The smallest absolute Gasteiger partial charge is 0.340 e. The van der Waals surface area contributed by atoms with Crippen LogP contribution in [-0.4, -0.2) is 17.6 Å². The first kappa shape index (κ1) is 21.7. The number of esters is 1. The molecular formula is C19H25ClN2O2. The van der Waals surface area contributed by atoms with Gasteiger partial charge < -0.3 is 10.1 Å². The van der Waals surface area contributed by atoms with Gasteiger partial charge in [0, 0.05) is 18.1 Å². The van der Waals surface area contributed by atoms with E-state index in [1.54, 1.807) is 43.6 Å². The van der Waals surface area contributed by atoms with Gasteiger partial charge in [-0.25, -0.2) is 9.78 Å². The van der Waals surface area contributed by atoms with Crippen LogP contribution in [0.1, 0.15) is 27.7 Å². The molecule has 0 radical (unpaired) electrons. The molecule has 4 nitrogen and oxygen atoms in total. The average molecular weight is 349 g/mol. The van der Waals surface area contributed by atoms with E-state index in [0.29, 0.717) is 22.9 Å². The van der Waals surface area contributed by atoms with Crippen molar-refractivity contribution in [1.29, 1.82) is 0 Å². The van der Waals surface area contributed by atoms with Crippen LogP contribution in [0.15, 0.2) is 66.6 Å². The molecule has 1 aromatic heterocycles. The molecule has 0 aliphatic rings. The summed E-state index contributed by atoms with van der Waals surface area (Å²) in [7, 11) is 0. The maximum atomic E-state index is 12.1. The molecule has 5 heteroatoms. The molecule has 0 aliphatic carbocycles. The first-order chi connectivity index (χ1) is 11.6. The number of hydrogen-bond donors (Lipinski definition) is 1. The summed E-state index contributed by atoms with van der Waals surface area (Å²) in [6, 6.07) is 3.40. The minimum atomic E-state index is -0.425. The van der Waals surface area contributed by atoms with E-state index in [1.807, 2.05) is 32.9 Å². The highest BCUT2D eigenvalue weighted by Gasteiger charge is 2.13. The van der Waals surface area contributed by atoms with Gasteiger partial charge in [0.25, 0.3) is 0 Å². The molecule has 0 aliphatic heterocycles. The Kier molecular flexibility index (Phi) is 11.9. The van der Waals surface area contributed by atoms with Gasteiger partial charge in [-0.1, -0.05) is 56.3 Å². The predicted molar refractivity (Wildman–Crippen MR) is 102 cm³/mol. The first-order valence-electron chi connectivity index (χ1n) is 7.83. The van der Waals surface area contributed by atoms with Gasteiger partial charge in [-0.15, -0.1) is 0 Å². The zero-order valence-electron chi connectivity index (χ0n) is 14.7. The standard InChI is InChI=1S/C17H19ClN2O2.C2H6/c1-4-7-8-13(5-2)15(17(21)22-6-3)12-20-14-9-10-19-16(18)11-14;1-2/h4-5,7-12H,2,6H2,1,3H3,(H,19,20);1-2H3/b7-4-,13-8+,15-12+;. The molecule has 0 bridgehead atoms. The molecule has 130 valence electrons. The Morgan fingerprint density at radius 3 is 2.71 bits per heavy atom. The van der Waals surface area contributed by atoms with E-state index in [1.165, 1.54) is 0 Å². The number of carbonyl (C=O) groups is 1. The zero-order valence-corrected chi connectivity index (χ0v) is 15.4. The number of halogens is 1. The fourth-order valence-corrected chi connectivity index (χ4v) is 1.76. The van der Waals surface area contributed by atoms with E-state index in [9.17, 15) is 4.79 Å².